The van der Waals surface area contributed by atoms with Gasteiger partial charge in [-0.25, -0.2) is 8.42 Å². The van der Waals surface area contributed by atoms with E-state index in [0.717, 1.165) is 0 Å². The Hall–Kier alpha value is -2.67. The number of ether oxygens (including phenoxy) is 1. The van der Waals surface area contributed by atoms with Crippen molar-refractivity contribution >= 4 is 27.3 Å². The molecule has 0 saturated heterocycles. The van der Waals surface area contributed by atoms with Crippen LogP contribution >= 0.6 is 0 Å². The minimum absolute atomic E-state index is 0.0653. The molecule has 0 N–H and O–H groups in total. The first kappa shape index (κ1) is 17.2. The Morgan fingerprint density at radius 1 is 1.12 bits per heavy atom. The smallest absolute Gasteiger partial charge is 0.264 e. The molecule has 1 aliphatic heterocycles. The van der Waals surface area contributed by atoms with Crippen LogP contribution in [0.15, 0.2) is 47.4 Å². The molecule has 0 saturated carbocycles. The minimum atomic E-state index is -3.85. The lowest BCUT2D eigenvalue weighted by atomic mass is 10.0. The molecule has 7 heteroatoms. The average Bonchev–Trinajstić information content (AvgIpc) is 2.61. The monoisotopic (exact) mass is 359 g/mol. The summed E-state index contributed by atoms with van der Waals surface area (Å²) in [5.74, 6) is 0.235. The van der Waals surface area contributed by atoms with E-state index < -0.39 is 10.0 Å². The minimum Gasteiger partial charge on any atom is -0.497 e. The quantitative estimate of drug-likeness (QED) is 0.784. The van der Waals surface area contributed by atoms with Crippen molar-refractivity contribution < 1.29 is 22.7 Å². The zero-order valence-electron chi connectivity index (χ0n) is 13.9. The SMILES string of the molecule is COc1ccc2c(c1)N(S(=O)(=O)c1ccc(C(C)=O)cc1)CCC2=O. The molecule has 0 fully saturated rings. The summed E-state index contributed by atoms with van der Waals surface area (Å²) in [7, 11) is -2.37. The number of fused-ring (bicyclic) bond motifs is 1. The van der Waals surface area contributed by atoms with E-state index >= 15 is 0 Å². The van der Waals surface area contributed by atoms with E-state index in [2.05, 4.69) is 0 Å². The van der Waals surface area contributed by atoms with Gasteiger partial charge in [-0.1, -0.05) is 12.1 Å². The molecule has 2 aromatic carbocycles. The van der Waals surface area contributed by atoms with Gasteiger partial charge in [0, 0.05) is 30.2 Å². The Kier molecular flexibility index (Phi) is 4.34. The normalized spacial score (nSPS) is 14.2. The van der Waals surface area contributed by atoms with E-state index in [0.29, 0.717) is 22.6 Å². The second-order valence-electron chi connectivity index (χ2n) is 5.71. The third-order valence-corrected chi connectivity index (χ3v) is 5.99. The van der Waals surface area contributed by atoms with Crippen LogP contribution in [0.1, 0.15) is 34.1 Å². The molecule has 0 spiro atoms. The second kappa shape index (κ2) is 6.33. The molecule has 25 heavy (non-hydrogen) atoms. The number of carbonyl (C=O) groups excluding carboxylic acids is 2. The molecular weight excluding hydrogens is 342 g/mol. The number of methoxy groups -OCH3 is 1. The van der Waals surface area contributed by atoms with E-state index in [1.54, 1.807) is 18.2 Å². The Morgan fingerprint density at radius 3 is 2.40 bits per heavy atom. The number of anilines is 1. The van der Waals surface area contributed by atoms with Gasteiger partial charge < -0.3 is 4.74 Å². The van der Waals surface area contributed by atoms with Gasteiger partial charge in [-0.15, -0.1) is 0 Å². The molecule has 0 radical (unpaired) electrons. The summed E-state index contributed by atoms with van der Waals surface area (Å²) in [5, 5.41) is 0. The number of sulfonamides is 1. The number of benzene rings is 2. The molecule has 1 aliphatic rings. The lowest BCUT2D eigenvalue weighted by molar-refractivity contribution is 0.0980. The summed E-state index contributed by atoms with van der Waals surface area (Å²) in [4.78, 5) is 23.6. The van der Waals surface area contributed by atoms with Crippen molar-refractivity contribution in [3.63, 3.8) is 0 Å². The van der Waals surface area contributed by atoms with Crippen LogP contribution in [0.3, 0.4) is 0 Å². The lowest BCUT2D eigenvalue weighted by Gasteiger charge is -2.30. The van der Waals surface area contributed by atoms with Crippen molar-refractivity contribution in [1.29, 1.82) is 0 Å². The van der Waals surface area contributed by atoms with Crippen LogP contribution in [0.2, 0.25) is 0 Å². The first-order valence-corrected chi connectivity index (χ1v) is 9.13. The van der Waals surface area contributed by atoms with E-state index in [1.165, 1.54) is 42.6 Å². The fourth-order valence-corrected chi connectivity index (χ4v) is 4.25. The van der Waals surface area contributed by atoms with Crippen LogP contribution < -0.4 is 9.04 Å². The molecule has 0 aliphatic carbocycles. The molecule has 6 nitrogen and oxygen atoms in total. The van der Waals surface area contributed by atoms with E-state index in [4.69, 9.17) is 4.74 Å². The number of hydrogen-bond donors (Lipinski definition) is 0. The lowest BCUT2D eigenvalue weighted by Crippen LogP contribution is -2.37. The van der Waals surface area contributed by atoms with Crippen LogP contribution in [0, 0.1) is 0 Å². The summed E-state index contributed by atoms with van der Waals surface area (Å²) in [6.45, 7) is 1.48. The highest BCUT2D eigenvalue weighted by atomic mass is 32.2. The van der Waals surface area contributed by atoms with Gasteiger partial charge in [0.1, 0.15) is 5.75 Å². The van der Waals surface area contributed by atoms with Crippen molar-refractivity contribution in [1.82, 2.24) is 0 Å². The van der Waals surface area contributed by atoms with Crippen molar-refractivity contribution in [2.75, 3.05) is 18.0 Å². The molecular formula is C18H17NO5S. The molecule has 0 atom stereocenters. The Bertz CT molecular complexity index is 948. The predicted octanol–water partition coefficient (Wildman–Crippen LogP) is 2.68. The third kappa shape index (κ3) is 3.02. The Balaban J connectivity index is 2.08. The zero-order chi connectivity index (χ0) is 18.2. The fourth-order valence-electron chi connectivity index (χ4n) is 2.78. The molecule has 0 aromatic heterocycles. The maximum absolute atomic E-state index is 13.0. The van der Waals surface area contributed by atoms with Crippen LogP contribution in [-0.2, 0) is 10.0 Å². The van der Waals surface area contributed by atoms with Crippen molar-refractivity contribution in [2.24, 2.45) is 0 Å². The van der Waals surface area contributed by atoms with Gasteiger partial charge in [0.25, 0.3) is 10.0 Å². The first-order chi connectivity index (χ1) is 11.8. The zero-order valence-corrected chi connectivity index (χ0v) is 14.7. The van der Waals surface area contributed by atoms with Gasteiger partial charge in [-0.3, -0.25) is 13.9 Å². The predicted molar refractivity (Wildman–Crippen MR) is 92.9 cm³/mol. The summed E-state index contributed by atoms with van der Waals surface area (Å²) in [5.41, 5.74) is 1.11. The number of rotatable bonds is 4. The Labute approximate surface area is 146 Å². The van der Waals surface area contributed by atoms with Gasteiger partial charge in [-0.2, -0.15) is 0 Å². The van der Waals surface area contributed by atoms with Gasteiger partial charge in [0.15, 0.2) is 11.6 Å². The summed E-state index contributed by atoms with van der Waals surface area (Å²) >= 11 is 0. The molecule has 1 heterocycles. The summed E-state index contributed by atoms with van der Waals surface area (Å²) < 4.78 is 32.4. The molecule has 0 unspecified atom stereocenters. The number of nitrogens with zero attached hydrogens (tertiary/aromatic N) is 1. The van der Waals surface area contributed by atoms with Crippen LogP contribution in [0.5, 0.6) is 5.75 Å². The van der Waals surface area contributed by atoms with Crippen molar-refractivity contribution in [3.8, 4) is 5.75 Å². The van der Waals surface area contributed by atoms with Gasteiger partial charge in [-0.05, 0) is 31.2 Å². The average molecular weight is 359 g/mol. The van der Waals surface area contributed by atoms with Gasteiger partial charge >= 0.3 is 0 Å². The molecule has 3 rings (SSSR count). The first-order valence-electron chi connectivity index (χ1n) is 7.69. The fraction of sp³-hybridized carbons (Fsp3) is 0.222. The number of ketones is 2. The molecule has 2 aromatic rings. The van der Waals surface area contributed by atoms with E-state index in [1.807, 2.05) is 0 Å². The van der Waals surface area contributed by atoms with E-state index in [9.17, 15) is 18.0 Å². The standard InChI is InChI=1S/C18H17NO5S/c1-12(20)13-3-6-15(7-4-13)25(22,23)19-10-9-18(21)16-8-5-14(24-2)11-17(16)19/h3-8,11H,9-10H2,1-2H3. The number of Topliss-reactive ketones (excluding diaryl/α,β-unsaturated/α-hetero) is 2. The summed E-state index contributed by atoms with van der Waals surface area (Å²) in [6.07, 6.45) is 0.115. The highest BCUT2D eigenvalue weighted by molar-refractivity contribution is 7.92. The van der Waals surface area contributed by atoms with Crippen molar-refractivity contribution in [2.45, 2.75) is 18.2 Å². The van der Waals surface area contributed by atoms with Crippen LogP contribution in [0.4, 0.5) is 5.69 Å². The maximum atomic E-state index is 13.0. The van der Waals surface area contributed by atoms with Crippen molar-refractivity contribution in [3.05, 3.63) is 53.6 Å². The Morgan fingerprint density at radius 2 is 1.80 bits per heavy atom. The largest absolute Gasteiger partial charge is 0.497 e. The summed E-state index contributed by atoms with van der Waals surface area (Å²) in [6, 6.07) is 10.5. The second-order valence-corrected chi connectivity index (χ2v) is 7.58. The third-order valence-electron chi connectivity index (χ3n) is 4.16. The van der Waals surface area contributed by atoms with Crippen LogP contribution in [-0.4, -0.2) is 33.6 Å². The number of carbonyl (C=O) groups is 2. The van der Waals surface area contributed by atoms with Gasteiger partial charge in [0.2, 0.25) is 0 Å². The highest BCUT2D eigenvalue weighted by Crippen LogP contribution is 2.34. The molecule has 130 valence electrons. The molecule has 0 amide bonds. The number of hydrogen-bond acceptors (Lipinski definition) is 5. The van der Waals surface area contributed by atoms with E-state index in [-0.39, 0.29) is 29.4 Å². The van der Waals surface area contributed by atoms with Crippen LogP contribution in [0.25, 0.3) is 0 Å². The topological polar surface area (TPSA) is 80.8 Å². The maximum Gasteiger partial charge on any atom is 0.264 e. The van der Waals surface area contributed by atoms with Gasteiger partial charge in [0.05, 0.1) is 17.7 Å². The molecule has 0 bridgehead atoms. The highest BCUT2D eigenvalue weighted by Gasteiger charge is 2.32.